The molecule has 2 aliphatic rings. The molecule has 1 unspecified atom stereocenters. The van der Waals surface area contributed by atoms with Gasteiger partial charge in [-0.25, -0.2) is 0 Å². The Bertz CT molecular complexity index is 879. The van der Waals surface area contributed by atoms with Crippen molar-refractivity contribution in [3.05, 3.63) is 41.2 Å². The van der Waals surface area contributed by atoms with E-state index >= 15 is 0 Å². The van der Waals surface area contributed by atoms with E-state index in [0.29, 0.717) is 5.92 Å². The highest BCUT2D eigenvalue weighted by molar-refractivity contribution is 5.92. The molecule has 2 aromatic rings. The minimum Gasteiger partial charge on any atom is -0.497 e. The average molecular weight is 399 g/mol. The molecule has 1 amide bonds. The number of piperidine rings is 1. The van der Waals surface area contributed by atoms with E-state index in [-0.39, 0.29) is 5.91 Å². The van der Waals surface area contributed by atoms with E-state index in [1.807, 2.05) is 29.9 Å². The van der Waals surface area contributed by atoms with E-state index in [9.17, 15) is 4.79 Å². The molecule has 1 aromatic heterocycles. The number of hydrogen-bond donors (Lipinski definition) is 0. The van der Waals surface area contributed by atoms with Crippen LogP contribution < -0.4 is 9.47 Å². The third kappa shape index (κ3) is 4.10. The number of benzene rings is 1. The number of likely N-dealkylation sites (tertiary alicyclic amines) is 1. The number of amides is 1. The van der Waals surface area contributed by atoms with Crippen LogP contribution in [0.1, 0.15) is 46.9 Å². The summed E-state index contributed by atoms with van der Waals surface area (Å²) in [6.07, 6.45) is 3.18. The van der Waals surface area contributed by atoms with Crippen LogP contribution in [-0.2, 0) is 13.1 Å². The molecule has 1 aromatic carbocycles. The molecule has 29 heavy (non-hydrogen) atoms. The van der Waals surface area contributed by atoms with Crippen molar-refractivity contribution in [1.29, 1.82) is 0 Å². The van der Waals surface area contributed by atoms with E-state index in [1.54, 1.807) is 19.1 Å². The molecular weight excluding hydrogens is 368 g/mol. The van der Waals surface area contributed by atoms with Crippen LogP contribution in [0.2, 0.25) is 0 Å². The fraction of sp³-hybridized carbons (Fsp3) is 0.545. The van der Waals surface area contributed by atoms with Crippen LogP contribution >= 0.6 is 0 Å². The van der Waals surface area contributed by atoms with Crippen LogP contribution in [-0.4, -0.2) is 66.4 Å². The highest BCUT2D eigenvalue weighted by Crippen LogP contribution is 2.31. The fourth-order valence-electron chi connectivity index (χ4n) is 4.40. The van der Waals surface area contributed by atoms with Crippen LogP contribution in [0, 0.1) is 0 Å². The molecule has 0 spiro atoms. The van der Waals surface area contributed by atoms with Crippen LogP contribution in [0.4, 0.5) is 0 Å². The lowest BCUT2D eigenvalue weighted by atomic mass is 9.94. The largest absolute Gasteiger partial charge is 0.497 e. The topological polar surface area (TPSA) is 59.8 Å². The zero-order valence-electron chi connectivity index (χ0n) is 17.6. The lowest BCUT2D eigenvalue weighted by molar-refractivity contribution is 0.0796. The smallest absolute Gasteiger partial charge is 0.271 e. The number of nitrogens with zero attached hydrogens (tertiary/aromatic N) is 4. The summed E-state index contributed by atoms with van der Waals surface area (Å²) in [7, 11) is 5.23. The normalized spacial score (nSPS) is 20.3. The Morgan fingerprint density at radius 3 is 2.76 bits per heavy atom. The highest BCUT2D eigenvalue weighted by atomic mass is 16.5. The van der Waals surface area contributed by atoms with Crippen molar-refractivity contribution >= 4 is 5.91 Å². The molecule has 0 bridgehead atoms. The van der Waals surface area contributed by atoms with Gasteiger partial charge in [0.1, 0.15) is 17.2 Å². The van der Waals surface area contributed by atoms with Gasteiger partial charge in [-0.1, -0.05) is 6.07 Å². The SMILES string of the molecule is COc1ccc(CN2CCCC(c3cc4n(n3)CCCN(C)C4=O)C2)c(OC)c1. The molecule has 1 fully saturated rings. The maximum absolute atomic E-state index is 12.6. The van der Waals surface area contributed by atoms with Crippen molar-refractivity contribution in [1.82, 2.24) is 19.6 Å². The Balaban J connectivity index is 1.49. The van der Waals surface area contributed by atoms with Crippen molar-refractivity contribution in [3.8, 4) is 11.5 Å². The van der Waals surface area contributed by atoms with Crippen LogP contribution in [0.15, 0.2) is 24.3 Å². The van der Waals surface area contributed by atoms with Gasteiger partial charge in [0.2, 0.25) is 0 Å². The molecule has 4 rings (SSSR count). The second-order valence-electron chi connectivity index (χ2n) is 8.01. The molecule has 7 nitrogen and oxygen atoms in total. The number of methoxy groups -OCH3 is 2. The van der Waals surface area contributed by atoms with Gasteiger partial charge in [0.05, 0.1) is 19.9 Å². The quantitative estimate of drug-likeness (QED) is 0.775. The number of hydrogen-bond acceptors (Lipinski definition) is 5. The standard InChI is InChI=1S/C22H30N4O3/c1-24-9-5-11-26-20(22(24)27)13-19(23-26)16-6-4-10-25(14-16)15-17-7-8-18(28-2)12-21(17)29-3/h7-8,12-13,16H,4-6,9-11,14-15H2,1-3H3. The lowest BCUT2D eigenvalue weighted by Gasteiger charge is -2.32. The second kappa shape index (κ2) is 8.45. The maximum Gasteiger partial charge on any atom is 0.271 e. The van der Waals surface area contributed by atoms with Crippen molar-refractivity contribution in [3.63, 3.8) is 0 Å². The molecule has 2 aliphatic heterocycles. The Kier molecular flexibility index (Phi) is 5.76. The third-order valence-electron chi connectivity index (χ3n) is 6.04. The van der Waals surface area contributed by atoms with Gasteiger partial charge in [-0.15, -0.1) is 0 Å². The van der Waals surface area contributed by atoms with Gasteiger partial charge in [-0.2, -0.15) is 5.10 Å². The summed E-state index contributed by atoms with van der Waals surface area (Å²) in [6.45, 7) is 4.43. The Hall–Kier alpha value is -2.54. The number of rotatable bonds is 5. The van der Waals surface area contributed by atoms with E-state index in [2.05, 4.69) is 11.0 Å². The Labute approximate surface area is 172 Å². The highest BCUT2D eigenvalue weighted by Gasteiger charge is 2.28. The first kappa shape index (κ1) is 19.8. The van der Waals surface area contributed by atoms with Gasteiger partial charge in [-0.3, -0.25) is 14.4 Å². The predicted octanol–water partition coefficient (Wildman–Crippen LogP) is 2.76. The van der Waals surface area contributed by atoms with E-state index < -0.39 is 0 Å². The van der Waals surface area contributed by atoms with Crippen LogP contribution in [0.5, 0.6) is 11.5 Å². The van der Waals surface area contributed by atoms with E-state index in [0.717, 1.165) is 80.4 Å². The monoisotopic (exact) mass is 398 g/mol. The minimum absolute atomic E-state index is 0.0804. The summed E-state index contributed by atoms with van der Waals surface area (Å²) < 4.78 is 12.8. The number of ether oxygens (including phenoxy) is 2. The molecule has 0 radical (unpaired) electrons. The molecule has 1 saturated heterocycles. The number of carbonyl (C=O) groups is 1. The van der Waals surface area contributed by atoms with Crippen LogP contribution in [0.25, 0.3) is 0 Å². The zero-order chi connectivity index (χ0) is 20.4. The fourth-order valence-corrected chi connectivity index (χ4v) is 4.40. The van der Waals surface area contributed by atoms with E-state index in [4.69, 9.17) is 14.6 Å². The minimum atomic E-state index is 0.0804. The summed E-state index contributed by atoms with van der Waals surface area (Å²) in [6, 6.07) is 8.01. The van der Waals surface area contributed by atoms with Crippen molar-refractivity contribution in [2.24, 2.45) is 0 Å². The number of carbonyl (C=O) groups excluding carboxylic acids is 1. The maximum atomic E-state index is 12.6. The van der Waals surface area contributed by atoms with Crippen molar-refractivity contribution in [2.45, 2.75) is 38.3 Å². The molecule has 3 heterocycles. The number of fused-ring (bicyclic) bond motifs is 1. The number of aromatic nitrogens is 2. The van der Waals surface area contributed by atoms with Gasteiger partial charge < -0.3 is 14.4 Å². The van der Waals surface area contributed by atoms with Gasteiger partial charge in [-0.05, 0) is 37.9 Å². The van der Waals surface area contributed by atoms with E-state index in [1.165, 1.54) is 0 Å². The molecule has 7 heteroatoms. The predicted molar refractivity (Wildman–Crippen MR) is 111 cm³/mol. The summed E-state index contributed by atoms with van der Waals surface area (Å²) in [5, 5.41) is 4.82. The lowest BCUT2D eigenvalue weighted by Crippen LogP contribution is -2.34. The van der Waals surface area contributed by atoms with Gasteiger partial charge in [0, 0.05) is 50.8 Å². The average Bonchev–Trinajstić information content (AvgIpc) is 3.12. The molecule has 0 aliphatic carbocycles. The summed E-state index contributed by atoms with van der Waals surface area (Å²) in [4.78, 5) is 16.8. The van der Waals surface area contributed by atoms with Gasteiger partial charge in [0.25, 0.3) is 5.91 Å². The molecule has 1 atom stereocenters. The first-order chi connectivity index (χ1) is 14.1. The summed E-state index contributed by atoms with van der Waals surface area (Å²) >= 11 is 0. The third-order valence-corrected chi connectivity index (χ3v) is 6.04. The Morgan fingerprint density at radius 1 is 1.10 bits per heavy atom. The van der Waals surface area contributed by atoms with Crippen LogP contribution in [0.3, 0.4) is 0 Å². The molecule has 0 saturated carbocycles. The molecule has 0 N–H and O–H groups in total. The second-order valence-corrected chi connectivity index (χ2v) is 8.01. The first-order valence-corrected chi connectivity index (χ1v) is 10.4. The zero-order valence-corrected chi connectivity index (χ0v) is 17.6. The van der Waals surface area contributed by atoms with Gasteiger partial charge in [0.15, 0.2) is 0 Å². The van der Waals surface area contributed by atoms with Crippen molar-refractivity contribution in [2.75, 3.05) is 40.9 Å². The first-order valence-electron chi connectivity index (χ1n) is 10.4. The van der Waals surface area contributed by atoms with Gasteiger partial charge >= 0.3 is 0 Å². The molecule has 156 valence electrons. The molecular formula is C22H30N4O3. The Morgan fingerprint density at radius 2 is 1.97 bits per heavy atom. The summed E-state index contributed by atoms with van der Waals surface area (Å²) in [5.74, 6) is 2.09. The number of aryl methyl sites for hydroxylation is 1. The van der Waals surface area contributed by atoms with Crippen molar-refractivity contribution < 1.29 is 14.3 Å². The summed E-state index contributed by atoms with van der Waals surface area (Å²) in [5.41, 5.74) is 2.94.